The highest BCUT2D eigenvalue weighted by atomic mass is 32.2. The van der Waals surface area contributed by atoms with Crippen LogP contribution in [-0.4, -0.2) is 93.2 Å². The number of hydrogen-bond donors (Lipinski definition) is 3. The zero-order valence-corrected chi connectivity index (χ0v) is 33.2. The molecule has 3 N–H and O–H groups in total. The fourth-order valence-corrected chi connectivity index (χ4v) is 9.20. The van der Waals surface area contributed by atoms with Gasteiger partial charge in [0.2, 0.25) is 40.0 Å². The van der Waals surface area contributed by atoms with Gasteiger partial charge in [0.05, 0.1) is 28.7 Å². The van der Waals surface area contributed by atoms with Gasteiger partial charge in [0.1, 0.15) is 29.4 Å². The molecular formula is C40H46F2N8O7S. The highest BCUT2D eigenvalue weighted by Crippen LogP contribution is 2.48. The minimum absolute atomic E-state index is 0.0174. The number of fused-ring (bicyclic) bond motifs is 9. The Morgan fingerprint density at radius 2 is 1.74 bits per heavy atom. The van der Waals surface area contributed by atoms with Crippen LogP contribution < -0.4 is 20.1 Å². The van der Waals surface area contributed by atoms with E-state index in [1.807, 2.05) is 68.0 Å². The average Bonchev–Trinajstić information content (AvgIpc) is 4.08. The van der Waals surface area contributed by atoms with Crippen LogP contribution in [0.3, 0.4) is 0 Å². The van der Waals surface area contributed by atoms with Crippen molar-refractivity contribution >= 4 is 44.8 Å². The number of halogens is 2. The van der Waals surface area contributed by atoms with Gasteiger partial charge in [0, 0.05) is 18.4 Å². The van der Waals surface area contributed by atoms with Gasteiger partial charge in [-0.1, -0.05) is 62.6 Å². The molecule has 15 nitrogen and oxygen atoms in total. The minimum atomic E-state index is -4.13. The van der Waals surface area contributed by atoms with Crippen LogP contribution in [0.1, 0.15) is 77.2 Å². The van der Waals surface area contributed by atoms with E-state index in [-0.39, 0.29) is 24.9 Å². The first-order valence-electron chi connectivity index (χ1n) is 19.7. The standard InChI is InChI=1S/C40H46F2N8O7S/c1-39(2,3)32-36(52)50-21-24(19-29(50)34(51)46-40(20-26(40)33(41)42)37(53)49-58(54,55)25-16-17-25)56-35-31(43-27-13-7-8-14-28(27)44-35)23-12-9-11-22(18-23)10-5-4-6-15-30-47-48-38(45-32)57-30/h7-9,11-14,18,24-26,29,32-33H,4-6,10,15-17,19-21H2,1-3H3,(H,45,48)(H,46,51)(H,49,53)/t24-,26+,29+,32-,40-/m1/s1. The number of aryl methyl sites for hydroxylation is 2. The van der Waals surface area contributed by atoms with E-state index in [0.717, 1.165) is 36.8 Å². The van der Waals surface area contributed by atoms with Gasteiger partial charge in [-0.05, 0) is 67.7 Å². The van der Waals surface area contributed by atoms with Crippen molar-refractivity contribution in [2.75, 3.05) is 11.9 Å². The highest BCUT2D eigenvalue weighted by molar-refractivity contribution is 7.91. The molecule has 0 unspecified atom stereocenters. The molecule has 4 aromatic rings. The van der Waals surface area contributed by atoms with Crippen LogP contribution >= 0.6 is 0 Å². The average molecular weight is 821 g/mol. The number of hydrogen-bond acceptors (Lipinski definition) is 12. The fourth-order valence-electron chi connectivity index (χ4n) is 7.83. The molecule has 2 saturated carbocycles. The molecule has 2 aliphatic carbocycles. The summed E-state index contributed by atoms with van der Waals surface area (Å²) < 4.78 is 68.4. The van der Waals surface area contributed by atoms with Crippen molar-refractivity contribution in [2.45, 2.75) is 114 Å². The van der Waals surface area contributed by atoms with E-state index in [0.29, 0.717) is 41.9 Å². The Morgan fingerprint density at radius 3 is 2.45 bits per heavy atom. The Morgan fingerprint density at radius 1 is 1.00 bits per heavy atom. The molecule has 1 saturated heterocycles. The monoisotopic (exact) mass is 820 g/mol. The first kappa shape index (κ1) is 39.6. The predicted molar refractivity (Wildman–Crippen MR) is 207 cm³/mol. The summed E-state index contributed by atoms with van der Waals surface area (Å²) in [6.07, 6.45) is 0.127. The number of benzene rings is 2. The van der Waals surface area contributed by atoms with Crippen LogP contribution in [0.4, 0.5) is 14.8 Å². The van der Waals surface area contributed by atoms with Gasteiger partial charge in [0.15, 0.2) is 0 Å². The summed E-state index contributed by atoms with van der Waals surface area (Å²) in [6.45, 7) is 5.32. The summed E-state index contributed by atoms with van der Waals surface area (Å²) in [4.78, 5) is 53.8. The second-order valence-corrected chi connectivity index (χ2v) is 18.8. The van der Waals surface area contributed by atoms with E-state index in [1.54, 1.807) is 6.07 Å². The maximum Gasteiger partial charge on any atom is 0.316 e. The van der Waals surface area contributed by atoms with Crippen molar-refractivity contribution in [1.82, 2.24) is 35.1 Å². The Hall–Kier alpha value is -5.26. The summed E-state index contributed by atoms with van der Waals surface area (Å²) in [6, 6.07) is 12.9. The molecule has 5 atom stereocenters. The van der Waals surface area contributed by atoms with Gasteiger partial charge in [-0.2, -0.15) is 0 Å². The zero-order valence-electron chi connectivity index (χ0n) is 32.4. The maximum atomic E-state index is 14.8. The Balaban J connectivity index is 1.17. The molecule has 2 aliphatic heterocycles. The molecule has 0 radical (unpaired) electrons. The molecule has 4 aliphatic rings. The third-order valence-electron chi connectivity index (χ3n) is 11.3. The van der Waals surface area contributed by atoms with Gasteiger partial charge in [-0.25, -0.2) is 27.2 Å². The summed E-state index contributed by atoms with van der Waals surface area (Å²) in [7, 11) is -4.13. The van der Waals surface area contributed by atoms with Crippen LogP contribution in [0.5, 0.6) is 5.88 Å². The molecule has 6 bridgehead atoms. The van der Waals surface area contributed by atoms with Crippen LogP contribution in [0.15, 0.2) is 52.9 Å². The van der Waals surface area contributed by atoms with Crippen molar-refractivity contribution in [2.24, 2.45) is 11.3 Å². The molecule has 308 valence electrons. The number of ether oxygens (including phenoxy) is 1. The maximum absolute atomic E-state index is 14.8. The van der Waals surface area contributed by atoms with Gasteiger partial charge in [-0.15, -0.1) is 5.10 Å². The third kappa shape index (κ3) is 8.07. The van der Waals surface area contributed by atoms with Crippen molar-refractivity contribution in [3.8, 4) is 17.1 Å². The molecule has 2 aromatic carbocycles. The number of sulfonamides is 1. The van der Waals surface area contributed by atoms with Crippen molar-refractivity contribution in [1.29, 1.82) is 0 Å². The smallest absolute Gasteiger partial charge is 0.316 e. The Bertz CT molecular complexity index is 2350. The topological polar surface area (TPSA) is 199 Å². The SMILES string of the molecule is CC(C)(C)[C@@H]1Nc2nnc(o2)CCCCCc2cccc(c2)-c2nc3ccccc3nc2O[C@@H]2C[C@@H](C(=O)N[C@]3(C(=O)NS(=O)(=O)C4CC4)C[C@H]3C(F)F)N(C2)C1=O. The number of carbonyl (C=O) groups excluding carboxylic acids is 3. The largest absolute Gasteiger partial charge is 0.471 e. The molecule has 3 amide bonds. The number of rotatable bonds is 6. The van der Waals surface area contributed by atoms with Crippen LogP contribution in [0.2, 0.25) is 0 Å². The summed E-state index contributed by atoms with van der Waals surface area (Å²) in [5.41, 5.74) is 0.516. The predicted octanol–water partition coefficient (Wildman–Crippen LogP) is 4.57. The lowest BCUT2D eigenvalue weighted by Crippen LogP contribution is -2.59. The zero-order chi connectivity index (χ0) is 41.0. The first-order valence-corrected chi connectivity index (χ1v) is 21.2. The second-order valence-electron chi connectivity index (χ2n) is 16.8. The van der Waals surface area contributed by atoms with E-state index in [9.17, 15) is 31.6 Å². The molecule has 18 heteroatoms. The molecule has 0 spiro atoms. The van der Waals surface area contributed by atoms with Crippen LogP contribution in [-0.2, 0) is 37.2 Å². The van der Waals surface area contributed by atoms with Crippen LogP contribution in [0.25, 0.3) is 22.3 Å². The van der Waals surface area contributed by atoms with Gasteiger partial charge in [0.25, 0.3) is 5.91 Å². The lowest BCUT2D eigenvalue weighted by Gasteiger charge is -2.35. The number of para-hydroxylation sites is 2. The molecule has 4 heterocycles. The number of alkyl halides is 2. The van der Waals surface area contributed by atoms with Crippen molar-refractivity contribution < 1.29 is 40.7 Å². The lowest BCUT2D eigenvalue weighted by atomic mass is 9.85. The van der Waals surface area contributed by atoms with Gasteiger partial charge >= 0.3 is 6.01 Å². The number of anilines is 1. The van der Waals surface area contributed by atoms with E-state index < -0.39 is 80.9 Å². The number of nitrogens with zero attached hydrogens (tertiary/aromatic N) is 5. The molecule has 8 rings (SSSR count). The van der Waals surface area contributed by atoms with E-state index >= 15 is 0 Å². The number of aromatic nitrogens is 4. The summed E-state index contributed by atoms with van der Waals surface area (Å²) >= 11 is 0. The quantitative estimate of drug-likeness (QED) is 0.245. The molecule has 58 heavy (non-hydrogen) atoms. The van der Waals surface area contributed by atoms with E-state index in [4.69, 9.17) is 19.1 Å². The second kappa shape index (κ2) is 15.2. The number of nitrogens with one attached hydrogen (secondary N) is 3. The van der Waals surface area contributed by atoms with Crippen LogP contribution in [0, 0.1) is 11.3 Å². The van der Waals surface area contributed by atoms with Gasteiger partial charge in [-0.3, -0.25) is 19.1 Å². The molecular weight excluding hydrogens is 775 g/mol. The Labute approximate surface area is 334 Å². The number of carbonyl (C=O) groups is 3. The minimum Gasteiger partial charge on any atom is -0.471 e. The van der Waals surface area contributed by atoms with E-state index in [2.05, 4.69) is 20.8 Å². The normalized spacial score (nSPS) is 25.3. The van der Waals surface area contributed by atoms with Crippen molar-refractivity contribution in [3.63, 3.8) is 0 Å². The molecule has 3 fully saturated rings. The fraction of sp³-hybridized carbons (Fsp3) is 0.525. The highest BCUT2D eigenvalue weighted by Gasteiger charge is 2.67. The van der Waals surface area contributed by atoms with Crippen molar-refractivity contribution in [3.05, 3.63) is 60.0 Å². The molecule has 2 aromatic heterocycles. The number of amides is 3. The Kier molecular flexibility index (Phi) is 10.3. The first-order chi connectivity index (χ1) is 27.6. The summed E-state index contributed by atoms with van der Waals surface area (Å²) in [5.74, 6) is -3.76. The third-order valence-corrected chi connectivity index (χ3v) is 13.2. The van der Waals surface area contributed by atoms with Gasteiger partial charge < -0.3 is 24.7 Å². The lowest BCUT2D eigenvalue weighted by molar-refractivity contribution is -0.141. The summed E-state index contributed by atoms with van der Waals surface area (Å²) in [5, 5.41) is 13.1. The van der Waals surface area contributed by atoms with E-state index in [1.165, 1.54) is 4.90 Å².